The maximum Gasteiger partial charge on any atom is 0.322 e. The molecule has 0 heterocycles. The van der Waals surface area contributed by atoms with Gasteiger partial charge in [0.2, 0.25) is 5.91 Å². The number of aliphatic carboxylic acids is 1. The first-order valence-corrected chi connectivity index (χ1v) is 18.7. The number of hydrogen-bond acceptors (Lipinski definition) is 3. The minimum Gasteiger partial charge on any atom is -0.480 e. The summed E-state index contributed by atoms with van der Waals surface area (Å²) in [5, 5.41) is 13.6. The Bertz CT molecular complexity index is 1090. The van der Waals surface area contributed by atoms with Crippen LogP contribution in [0.2, 0.25) is 5.04 Å². The summed E-state index contributed by atoms with van der Waals surface area (Å²) in [5.41, 5.74) is 0. The first-order chi connectivity index (χ1) is 21.2. The monoisotopic (exact) mass is 619 g/mol. The molecular weight excluding hydrogens is 563 g/mol. The van der Waals surface area contributed by atoms with Gasteiger partial charge in [-0.25, -0.2) is 0 Å². The van der Waals surface area contributed by atoms with E-state index in [1.54, 1.807) is 0 Å². The van der Waals surface area contributed by atoms with Crippen molar-refractivity contribution in [1.82, 2.24) is 5.32 Å². The fraction of sp³-hybridized carbons (Fsp3) is 0.526. The van der Waals surface area contributed by atoms with E-state index in [1.807, 2.05) is 0 Å². The average Bonchev–Trinajstić information content (AvgIpc) is 3.01. The number of carboxylic acid groups (broad SMARTS) is 1. The molecule has 1 unspecified atom stereocenters. The normalized spacial score (nSPS) is 13.0. The van der Waals surface area contributed by atoms with Crippen LogP contribution in [0.3, 0.4) is 0 Å². The van der Waals surface area contributed by atoms with E-state index >= 15 is 0 Å². The van der Waals surface area contributed by atoms with Crippen LogP contribution in [0.4, 0.5) is 0 Å². The van der Waals surface area contributed by atoms with Crippen molar-refractivity contribution in [3.63, 3.8) is 0 Å². The van der Waals surface area contributed by atoms with Crippen molar-refractivity contribution in [2.24, 2.45) is 0 Å². The van der Waals surface area contributed by atoms with Gasteiger partial charge in [-0.15, -0.1) is 0 Å². The largest absolute Gasteiger partial charge is 0.480 e. The van der Waals surface area contributed by atoms with E-state index in [4.69, 9.17) is 9.53 Å². The molecule has 2 rings (SSSR count). The molecule has 0 bridgehead atoms. The maximum absolute atomic E-state index is 11.5. The number of amides is 1. The van der Waals surface area contributed by atoms with Gasteiger partial charge in [0.1, 0.15) is 6.54 Å². The van der Waals surface area contributed by atoms with E-state index in [-0.39, 0.29) is 23.6 Å². The van der Waals surface area contributed by atoms with Crippen LogP contribution < -0.4 is 15.7 Å². The summed E-state index contributed by atoms with van der Waals surface area (Å²) in [5.74, 6) is -1.20. The fourth-order valence-electron chi connectivity index (χ4n) is 5.74. The van der Waals surface area contributed by atoms with Crippen molar-refractivity contribution in [3.05, 3.63) is 85.0 Å². The summed E-state index contributed by atoms with van der Waals surface area (Å²) in [6.45, 7) is 9.01. The van der Waals surface area contributed by atoms with E-state index in [0.29, 0.717) is 6.42 Å². The Kier molecular flexibility index (Phi) is 17.7. The van der Waals surface area contributed by atoms with Crippen molar-refractivity contribution < 1.29 is 19.1 Å². The Morgan fingerprint density at radius 1 is 0.773 bits per heavy atom. The summed E-state index contributed by atoms with van der Waals surface area (Å²) in [6.07, 6.45) is 22.9. The van der Waals surface area contributed by atoms with Crippen LogP contribution in [0.15, 0.2) is 85.0 Å². The quantitative estimate of drug-likeness (QED) is 0.0789. The van der Waals surface area contributed by atoms with Gasteiger partial charge in [-0.1, -0.05) is 132 Å². The Morgan fingerprint density at radius 3 is 1.73 bits per heavy atom. The number of allylic oxidation sites excluding steroid dienone is 4. The number of carbonyl (C=O) groups excluding carboxylic acids is 1. The van der Waals surface area contributed by atoms with E-state index in [0.717, 1.165) is 44.9 Å². The molecular formula is C38H57NO4Si. The lowest BCUT2D eigenvalue weighted by Gasteiger charge is -2.45. The lowest BCUT2D eigenvalue weighted by atomic mass is 10.1. The summed E-state index contributed by atoms with van der Waals surface area (Å²) >= 11 is 0. The second kappa shape index (κ2) is 20.9. The molecule has 2 aromatic carbocycles. The van der Waals surface area contributed by atoms with Crippen LogP contribution in [0, 0.1) is 0 Å². The molecule has 0 saturated heterocycles. The lowest BCUT2D eigenvalue weighted by molar-refractivity contribution is -0.137. The Hall–Kier alpha value is -2.96. The Labute approximate surface area is 268 Å². The third-order valence-electron chi connectivity index (χ3n) is 8.16. The number of rotatable bonds is 22. The van der Waals surface area contributed by atoms with Crippen molar-refractivity contribution in [2.75, 3.05) is 6.54 Å². The molecule has 0 radical (unpaired) electrons. The third kappa shape index (κ3) is 13.4. The van der Waals surface area contributed by atoms with Crippen LogP contribution in [-0.4, -0.2) is 37.9 Å². The van der Waals surface area contributed by atoms with E-state index in [9.17, 15) is 9.59 Å². The second-order valence-electron chi connectivity index (χ2n) is 12.7. The molecule has 44 heavy (non-hydrogen) atoms. The highest BCUT2D eigenvalue weighted by Crippen LogP contribution is 2.38. The van der Waals surface area contributed by atoms with Crippen LogP contribution in [0.5, 0.6) is 0 Å². The topological polar surface area (TPSA) is 75.6 Å². The van der Waals surface area contributed by atoms with Gasteiger partial charge < -0.3 is 14.8 Å². The molecule has 5 nitrogen and oxygen atoms in total. The second-order valence-corrected chi connectivity index (χ2v) is 17.0. The SMILES string of the molecule is CCC(CC/C=C\CCCCCCC/C=C\CCCC(=O)NCC(=O)O)O[Si](c1ccccc1)(c1ccccc1)C(C)(C)C. The van der Waals surface area contributed by atoms with Gasteiger partial charge in [0, 0.05) is 12.5 Å². The van der Waals surface area contributed by atoms with Gasteiger partial charge in [0.25, 0.3) is 8.32 Å². The molecule has 2 aromatic rings. The van der Waals surface area contributed by atoms with Crippen LogP contribution >= 0.6 is 0 Å². The van der Waals surface area contributed by atoms with Gasteiger partial charge in [-0.05, 0) is 73.2 Å². The predicted octanol–water partition coefficient (Wildman–Crippen LogP) is 8.34. The van der Waals surface area contributed by atoms with Crippen molar-refractivity contribution in [3.8, 4) is 0 Å². The molecule has 6 heteroatoms. The highest BCUT2D eigenvalue weighted by atomic mass is 28.4. The number of carbonyl (C=O) groups is 2. The molecule has 1 atom stereocenters. The number of benzene rings is 2. The Balaban J connectivity index is 1.67. The molecule has 2 N–H and O–H groups in total. The number of nitrogens with one attached hydrogen (secondary N) is 1. The lowest BCUT2D eigenvalue weighted by Crippen LogP contribution is -2.67. The van der Waals surface area contributed by atoms with Crippen molar-refractivity contribution in [2.45, 2.75) is 122 Å². The molecule has 0 aliphatic carbocycles. The predicted molar refractivity (Wildman–Crippen MR) is 187 cm³/mol. The standard InChI is InChI=1S/C38H57NO4Si/c1-5-33(43-44(38(2,3)4,34-27-21-18-22-28-34)35-29-23-19-24-30-35)26-20-16-14-12-10-8-6-7-9-11-13-15-17-25-31-36(40)39-32-37(41)42/h13-16,18-19,21-24,27-30,33H,5-12,17,20,25-26,31-32H2,1-4H3,(H,39,40)(H,41,42)/b15-13-,16-14-. The van der Waals surface area contributed by atoms with Crippen molar-refractivity contribution in [1.29, 1.82) is 0 Å². The minimum absolute atomic E-state index is 0.000347. The van der Waals surface area contributed by atoms with Gasteiger partial charge in [-0.3, -0.25) is 9.59 Å². The van der Waals surface area contributed by atoms with E-state index in [2.05, 4.69) is 118 Å². The van der Waals surface area contributed by atoms with E-state index in [1.165, 1.54) is 42.5 Å². The number of unbranched alkanes of at least 4 members (excludes halogenated alkanes) is 7. The zero-order valence-corrected chi connectivity index (χ0v) is 28.7. The molecule has 0 fully saturated rings. The van der Waals surface area contributed by atoms with Crippen LogP contribution in [-0.2, 0) is 14.0 Å². The first-order valence-electron chi connectivity index (χ1n) is 16.8. The summed E-state index contributed by atoms with van der Waals surface area (Å²) in [7, 11) is -2.51. The van der Waals surface area contributed by atoms with Gasteiger partial charge in [-0.2, -0.15) is 0 Å². The molecule has 0 aromatic heterocycles. The molecule has 242 valence electrons. The first kappa shape index (κ1) is 37.2. The minimum atomic E-state index is -2.51. The number of hydrogen-bond donors (Lipinski definition) is 2. The fourth-order valence-corrected chi connectivity index (χ4v) is 10.5. The highest BCUT2D eigenvalue weighted by molar-refractivity contribution is 6.99. The van der Waals surface area contributed by atoms with Gasteiger partial charge in [0.05, 0.1) is 0 Å². The maximum atomic E-state index is 11.5. The van der Waals surface area contributed by atoms with Crippen molar-refractivity contribution >= 4 is 30.6 Å². The molecule has 0 aliphatic heterocycles. The summed E-state index contributed by atoms with van der Waals surface area (Å²) in [6, 6.07) is 21.9. The van der Waals surface area contributed by atoms with Crippen LogP contribution in [0.25, 0.3) is 0 Å². The third-order valence-corrected chi connectivity index (χ3v) is 13.2. The molecule has 0 saturated carbocycles. The molecule has 1 amide bonds. The summed E-state index contributed by atoms with van der Waals surface area (Å²) in [4.78, 5) is 21.9. The smallest absolute Gasteiger partial charge is 0.322 e. The van der Waals surface area contributed by atoms with Gasteiger partial charge in [0.15, 0.2) is 0 Å². The van der Waals surface area contributed by atoms with E-state index < -0.39 is 14.3 Å². The average molecular weight is 620 g/mol. The zero-order chi connectivity index (χ0) is 32.1. The van der Waals surface area contributed by atoms with Gasteiger partial charge >= 0.3 is 5.97 Å². The Morgan fingerprint density at radius 2 is 1.25 bits per heavy atom. The summed E-state index contributed by atoms with van der Waals surface area (Å²) < 4.78 is 7.33. The molecule has 0 spiro atoms. The van der Waals surface area contributed by atoms with Crippen LogP contribution in [0.1, 0.15) is 111 Å². The molecule has 0 aliphatic rings. The zero-order valence-electron chi connectivity index (χ0n) is 27.7. The number of carboxylic acids is 1. The highest BCUT2D eigenvalue weighted by Gasteiger charge is 2.51.